The zero-order valence-corrected chi connectivity index (χ0v) is 12.8. The Bertz CT molecular complexity index is 915. The third-order valence-electron chi connectivity index (χ3n) is 3.17. The van der Waals surface area contributed by atoms with E-state index in [1.165, 1.54) is 18.4 Å². The molecule has 2 amide bonds. The average molecular weight is 365 g/mol. The van der Waals surface area contributed by atoms with Crippen LogP contribution in [-0.2, 0) is 6.18 Å². The van der Waals surface area contributed by atoms with Crippen LogP contribution in [0.25, 0.3) is 0 Å². The molecule has 1 aromatic carbocycles. The van der Waals surface area contributed by atoms with Gasteiger partial charge >= 0.3 is 12.2 Å². The molecule has 134 valence electrons. The highest BCUT2D eigenvalue weighted by molar-refractivity contribution is 6.04. The van der Waals surface area contributed by atoms with Crippen molar-refractivity contribution in [3.8, 4) is 0 Å². The quantitative estimate of drug-likeness (QED) is 0.733. The lowest BCUT2D eigenvalue weighted by Gasteiger charge is -2.07. The lowest BCUT2D eigenvalue weighted by atomic mass is 10.2. The van der Waals surface area contributed by atoms with Crippen LogP contribution in [-0.4, -0.2) is 16.8 Å². The summed E-state index contributed by atoms with van der Waals surface area (Å²) in [6.45, 7) is 0. The third-order valence-corrected chi connectivity index (χ3v) is 3.17. The predicted molar refractivity (Wildman–Crippen MR) is 82.6 cm³/mol. The van der Waals surface area contributed by atoms with Gasteiger partial charge in [0, 0.05) is 5.69 Å². The number of aromatic nitrogens is 1. The summed E-state index contributed by atoms with van der Waals surface area (Å²) in [4.78, 5) is 27.6. The minimum atomic E-state index is -4.46. The van der Waals surface area contributed by atoms with E-state index in [-0.39, 0.29) is 23.2 Å². The van der Waals surface area contributed by atoms with Crippen LogP contribution in [0.3, 0.4) is 0 Å². The summed E-state index contributed by atoms with van der Waals surface area (Å²) in [6.07, 6.45) is -2.15. The number of nitrogens with one attached hydrogen (secondary N) is 2. The van der Waals surface area contributed by atoms with Crippen molar-refractivity contribution in [2.75, 3.05) is 10.6 Å². The monoisotopic (exact) mass is 365 g/mol. The molecular formula is C16H10F3N3O4. The maximum Gasteiger partial charge on any atom is 0.416 e. The Morgan fingerprint density at radius 2 is 1.69 bits per heavy atom. The molecule has 0 saturated heterocycles. The Morgan fingerprint density at radius 3 is 2.31 bits per heavy atom. The summed E-state index contributed by atoms with van der Waals surface area (Å²) in [5.41, 5.74) is -0.855. The average Bonchev–Trinajstić information content (AvgIpc) is 3.26. The molecule has 26 heavy (non-hydrogen) atoms. The van der Waals surface area contributed by atoms with E-state index < -0.39 is 23.6 Å². The highest BCUT2D eigenvalue weighted by Crippen LogP contribution is 2.29. The number of hydrogen-bond acceptors (Lipinski definition) is 5. The molecule has 3 aromatic rings. The number of furan rings is 1. The molecule has 10 heteroatoms. The Kier molecular flexibility index (Phi) is 4.48. The van der Waals surface area contributed by atoms with Crippen molar-refractivity contribution >= 4 is 23.5 Å². The van der Waals surface area contributed by atoms with Crippen LogP contribution in [0.1, 0.15) is 26.6 Å². The molecule has 2 heterocycles. The Hall–Kier alpha value is -3.56. The fraction of sp³-hybridized carbons (Fsp3) is 0.0625. The number of nitrogens with zero attached hydrogens (tertiary/aromatic N) is 1. The molecule has 2 N–H and O–H groups in total. The number of anilines is 2. The standard InChI is InChI=1S/C16H10F3N3O4/c17-16(18,19)9-3-5-10(6-4-9)20-13(23)11-8-26-15(21-11)22-14(24)12-2-1-7-25-12/h1-8H,(H,20,23)(H,21,22,24). The number of halogens is 3. The summed E-state index contributed by atoms with van der Waals surface area (Å²) in [5.74, 6) is -1.31. The SMILES string of the molecule is O=C(Nc1ccc(C(F)(F)F)cc1)c1coc(NC(=O)c2ccco2)n1. The maximum absolute atomic E-state index is 12.5. The highest BCUT2D eigenvalue weighted by Gasteiger charge is 2.30. The van der Waals surface area contributed by atoms with Gasteiger partial charge in [0.25, 0.3) is 11.8 Å². The first-order valence-electron chi connectivity index (χ1n) is 7.12. The van der Waals surface area contributed by atoms with E-state index in [9.17, 15) is 22.8 Å². The van der Waals surface area contributed by atoms with Crippen LogP contribution >= 0.6 is 0 Å². The summed E-state index contributed by atoms with van der Waals surface area (Å²) in [5, 5.41) is 4.66. The van der Waals surface area contributed by atoms with E-state index in [1.807, 2.05) is 0 Å². The largest absolute Gasteiger partial charge is 0.459 e. The topological polar surface area (TPSA) is 97.4 Å². The predicted octanol–water partition coefficient (Wildman–Crippen LogP) is 3.79. The van der Waals surface area contributed by atoms with Crippen LogP contribution in [0, 0.1) is 0 Å². The maximum atomic E-state index is 12.5. The Balaban J connectivity index is 1.64. The van der Waals surface area contributed by atoms with Crippen molar-refractivity contribution in [1.82, 2.24) is 4.98 Å². The number of benzene rings is 1. The van der Waals surface area contributed by atoms with Crippen molar-refractivity contribution in [1.29, 1.82) is 0 Å². The van der Waals surface area contributed by atoms with Crippen LogP contribution < -0.4 is 10.6 Å². The van der Waals surface area contributed by atoms with Crippen molar-refractivity contribution in [2.45, 2.75) is 6.18 Å². The fourth-order valence-electron chi connectivity index (χ4n) is 1.94. The van der Waals surface area contributed by atoms with E-state index in [2.05, 4.69) is 15.6 Å². The Labute approximate surface area is 143 Å². The van der Waals surface area contributed by atoms with E-state index in [1.54, 1.807) is 0 Å². The second-order valence-electron chi connectivity index (χ2n) is 5.00. The number of rotatable bonds is 4. The van der Waals surface area contributed by atoms with Gasteiger partial charge in [-0.3, -0.25) is 14.9 Å². The van der Waals surface area contributed by atoms with Gasteiger partial charge in [-0.25, -0.2) is 0 Å². The van der Waals surface area contributed by atoms with Gasteiger partial charge in [0.1, 0.15) is 6.26 Å². The van der Waals surface area contributed by atoms with Crippen molar-refractivity contribution in [3.63, 3.8) is 0 Å². The van der Waals surface area contributed by atoms with E-state index in [0.717, 1.165) is 30.5 Å². The molecule has 0 atom stereocenters. The number of carbonyl (C=O) groups excluding carboxylic acids is 2. The van der Waals surface area contributed by atoms with Gasteiger partial charge < -0.3 is 14.2 Å². The molecule has 0 aliphatic heterocycles. The van der Waals surface area contributed by atoms with Crippen LogP contribution in [0.5, 0.6) is 0 Å². The normalized spacial score (nSPS) is 11.2. The number of amides is 2. The lowest BCUT2D eigenvalue weighted by molar-refractivity contribution is -0.137. The van der Waals surface area contributed by atoms with Gasteiger partial charge in [-0.05, 0) is 36.4 Å². The zero-order valence-electron chi connectivity index (χ0n) is 12.8. The molecule has 0 radical (unpaired) electrons. The second-order valence-corrected chi connectivity index (χ2v) is 5.00. The molecule has 0 aliphatic rings. The zero-order chi connectivity index (χ0) is 18.7. The first kappa shape index (κ1) is 17.3. The van der Waals surface area contributed by atoms with Gasteiger partial charge in [-0.2, -0.15) is 18.2 Å². The molecule has 0 saturated carbocycles. The Morgan fingerprint density at radius 1 is 0.962 bits per heavy atom. The lowest BCUT2D eigenvalue weighted by Crippen LogP contribution is -2.14. The summed E-state index contributed by atoms with van der Waals surface area (Å²) >= 11 is 0. The van der Waals surface area contributed by atoms with Crippen LogP contribution in [0.15, 0.2) is 57.8 Å². The number of carbonyl (C=O) groups is 2. The number of alkyl halides is 3. The second kappa shape index (κ2) is 6.75. The van der Waals surface area contributed by atoms with Gasteiger partial charge in [-0.1, -0.05) is 0 Å². The first-order valence-corrected chi connectivity index (χ1v) is 7.12. The van der Waals surface area contributed by atoms with Gasteiger partial charge in [-0.15, -0.1) is 0 Å². The molecule has 3 rings (SSSR count). The van der Waals surface area contributed by atoms with Crippen molar-refractivity contribution in [2.24, 2.45) is 0 Å². The molecular weight excluding hydrogens is 355 g/mol. The highest BCUT2D eigenvalue weighted by atomic mass is 19.4. The molecule has 0 unspecified atom stereocenters. The molecule has 0 spiro atoms. The summed E-state index contributed by atoms with van der Waals surface area (Å²) in [7, 11) is 0. The first-order chi connectivity index (χ1) is 12.3. The van der Waals surface area contributed by atoms with Crippen LogP contribution in [0.4, 0.5) is 24.9 Å². The third kappa shape index (κ3) is 3.91. The van der Waals surface area contributed by atoms with E-state index in [0.29, 0.717) is 0 Å². The molecule has 2 aromatic heterocycles. The van der Waals surface area contributed by atoms with Crippen molar-refractivity contribution < 1.29 is 31.6 Å². The van der Waals surface area contributed by atoms with E-state index in [4.69, 9.17) is 8.83 Å². The minimum absolute atomic E-state index is 0.0268. The summed E-state index contributed by atoms with van der Waals surface area (Å²) < 4.78 is 47.4. The molecule has 0 bridgehead atoms. The molecule has 0 aliphatic carbocycles. The number of hydrogen-bond donors (Lipinski definition) is 2. The van der Waals surface area contributed by atoms with Gasteiger partial charge in [0.15, 0.2) is 11.5 Å². The van der Waals surface area contributed by atoms with Crippen LogP contribution in [0.2, 0.25) is 0 Å². The number of oxazole rings is 1. The smallest absolute Gasteiger partial charge is 0.416 e. The minimum Gasteiger partial charge on any atom is -0.459 e. The molecule has 7 nitrogen and oxygen atoms in total. The van der Waals surface area contributed by atoms with Crippen molar-refractivity contribution in [3.05, 3.63) is 65.9 Å². The summed E-state index contributed by atoms with van der Waals surface area (Å²) in [6, 6.07) is 6.62. The molecule has 0 fully saturated rings. The fourth-order valence-corrected chi connectivity index (χ4v) is 1.94. The van der Waals surface area contributed by atoms with Gasteiger partial charge in [0.2, 0.25) is 0 Å². The van der Waals surface area contributed by atoms with Gasteiger partial charge in [0.05, 0.1) is 11.8 Å². The van der Waals surface area contributed by atoms with E-state index >= 15 is 0 Å².